The smallest absolute Gasteiger partial charge is 0.298 e. The molecule has 0 atom stereocenters. The first-order valence-corrected chi connectivity index (χ1v) is 9.02. The van der Waals surface area contributed by atoms with E-state index in [2.05, 4.69) is 12.5 Å². The zero-order valence-corrected chi connectivity index (χ0v) is 12.3. The van der Waals surface area contributed by atoms with Gasteiger partial charge in [0.1, 0.15) is 0 Å². The van der Waals surface area contributed by atoms with Crippen molar-refractivity contribution in [3.63, 3.8) is 0 Å². The summed E-state index contributed by atoms with van der Waals surface area (Å²) in [7, 11) is 0.683. The average Bonchev–Trinajstić information content (AvgIpc) is 1.07. The molecule has 0 fully saturated rings. The van der Waals surface area contributed by atoms with Gasteiger partial charge >= 0.3 is 22.4 Å². The minimum absolute atomic E-state index is 0. The molecular weight excluding hydrogens is 401 g/mol. The Bertz CT molecular complexity index is 196. The summed E-state index contributed by atoms with van der Waals surface area (Å²) < 4.78 is 20.5. The van der Waals surface area contributed by atoms with Crippen molar-refractivity contribution in [2.24, 2.45) is 0 Å². The molecule has 0 aliphatic rings. The number of rotatable bonds is 0. The van der Waals surface area contributed by atoms with Crippen molar-refractivity contribution >= 4 is 28.9 Å². The Morgan fingerprint density at radius 1 is 1.33 bits per heavy atom. The van der Waals surface area contributed by atoms with Crippen LogP contribution in [0, 0.1) is 12.5 Å². The van der Waals surface area contributed by atoms with Crippen molar-refractivity contribution in [3.05, 3.63) is 12.5 Å². The third-order valence-corrected chi connectivity index (χ3v) is 0. The quantitative estimate of drug-likeness (QED) is 0.260. The molecule has 0 spiro atoms. The van der Waals surface area contributed by atoms with Gasteiger partial charge in [-0.3, -0.25) is 10.5 Å². The first-order chi connectivity index (χ1) is 4.24. The summed E-state index contributed by atoms with van der Waals surface area (Å²) in [6, 6.07) is 0. The molecule has 82 valence electrons. The molecule has 0 amide bonds. The second-order valence-corrected chi connectivity index (χ2v) is 12.9. The van der Waals surface area contributed by atoms with Crippen LogP contribution in [0.5, 0.6) is 0 Å². The first-order valence-electron chi connectivity index (χ1n) is 2.70. The summed E-state index contributed by atoms with van der Waals surface area (Å²) in [5.41, 5.74) is 0. The second kappa shape index (κ2) is 5.27. The third kappa shape index (κ3) is 683. The Morgan fingerprint density at radius 2 is 1.33 bits per heavy atom. The molecule has 0 aliphatic carbocycles. The summed E-state index contributed by atoms with van der Waals surface area (Å²) in [6.07, 6.45) is 12.6. The SMILES string of the molecule is [Au+].[CH2-]S(C)(C)(=O)Cl.[CH2-][S+](C)(C)=O. The van der Waals surface area contributed by atoms with Crippen molar-refractivity contribution in [2.75, 3.05) is 25.0 Å². The van der Waals surface area contributed by atoms with Crippen LogP contribution < -0.4 is 0 Å². The Kier molecular flexibility index (Phi) is 8.34. The van der Waals surface area contributed by atoms with Crippen LogP contribution in [0.3, 0.4) is 0 Å². The van der Waals surface area contributed by atoms with Crippen LogP contribution in [-0.4, -0.2) is 29.2 Å². The van der Waals surface area contributed by atoms with Crippen LogP contribution in [0.4, 0.5) is 0 Å². The molecule has 0 saturated heterocycles. The molecule has 0 aromatic heterocycles. The first kappa shape index (κ1) is 19.0. The average molecular weight is 417 g/mol. The van der Waals surface area contributed by atoms with E-state index in [9.17, 15) is 8.42 Å². The third-order valence-electron chi connectivity index (χ3n) is 0. The molecule has 0 bridgehead atoms. The van der Waals surface area contributed by atoms with Gasteiger partial charge in [0.15, 0.2) is 0 Å². The van der Waals surface area contributed by atoms with Crippen LogP contribution >= 0.6 is 10.7 Å². The summed E-state index contributed by atoms with van der Waals surface area (Å²) in [5, 5.41) is 0. The molecule has 6 heteroatoms. The van der Waals surface area contributed by atoms with Crippen molar-refractivity contribution in [1.29, 1.82) is 0 Å². The van der Waals surface area contributed by atoms with Gasteiger partial charge in [-0.25, -0.2) is 0 Å². The molecule has 0 unspecified atom stereocenters. The standard InChI is InChI=1S/C3H8ClOS.C3H8OS.Au/c1-6(2,3,4)5;1-5(2,3)4;/h1H2,2-3H3;1H2,2-3H3;/q-1;;+1. The second-order valence-electron chi connectivity index (χ2n) is 3.35. The van der Waals surface area contributed by atoms with Gasteiger partial charge < -0.3 is 0 Å². The summed E-state index contributed by atoms with van der Waals surface area (Å²) in [4.78, 5) is 0. The zero-order valence-electron chi connectivity index (χ0n) is 7.73. The van der Waals surface area contributed by atoms with E-state index in [0.29, 0.717) is 0 Å². The zero-order chi connectivity index (χ0) is 9.95. The van der Waals surface area contributed by atoms with Gasteiger partial charge in [-0.15, -0.1) is 18.7 Å². The maximum Gasteiger partial charge on any atom is 1.00 e. The van der Waals surface area contributed by atoms with Crippen molar-refractivity contribution in [3.8, 4) is 0 Å². The monoisotopic (exact) mass is 416 g/mol. The molecular formula is C6H16AuClO2S2. The summed E-state index contributed by atoms with van der Waals surface area (Å²) >= 11 is 0. The Hall–Kier alpha value is 1.33. The number of hydrogen-bond acceptors (Lipinski definition) is 2. The van der Waals surface area contributed by atoms with Crippen LogP contribution in [0.2, 0.25) is 0 Å². The van der Waals surface area contributed by atoms with Gasteiger partial charge in [-0.1, -0.05) is 20.6 Å². The van der Waals surface area contributed by atoms with E-state index in [4.69, 9.17) is 10.7 Å². The van der Waals surface area contributed by atoms with Crippen LogP contribution in [0.15, 0.2) is 0 Å². The maximum absolute atomic E-state index is 10.4. The number of halogens is 1. The van der Waals surface area contributed by atoms with Gasteiger partial charge in [-0.05, 0) is 12.5 Å². The van der Waals surface area contributed by atoms with E-state index in [1.807, 2.05) is 0 Å². The van der Waals surface area contributed by atoms with E-state index in [0.717, 1.165) is 0 Å². The molecule has 12 heavy (non-hydrogen) atoms. The maximum atomic E-state index is 10.4. The van der Waals surface area contributed by atoms with Crippen LogP contribution in [0.1, 0.15) is 0 Å². The van der Waals surface area contributed by atoms with Crippen molar-refractivity contribution in [1.82, 2.24) is 0 Å². The van der Waals surface area contributed by atoms with Crippen molar-refractivity contribution in [2.45, 2.75) is 0 Å². The fourth-order valence-corrected chi connectivity index (χ4v) is 0. The molecule has 0 heterocycles. The molecule has 0 aromatic carbocycles. The van der Waals surface area contributed by atoms with Gasteiger partial charge in [-0.2, -0.15) is 0 Å². The molecule has 0 rings (SSSR count). The normalized spacial score (nSPS) is 14.4. The summed E-state index contributed by atoms with van der Waals surface area (Å²) in [6.45, 7) is 0. The predicted molar refractivity (Wildman–Crippen MR) is 56.5 cm³/mol. The van der Waals surface area contributed by atoms with E-state index < -0.39 is 18.2 Å². The predicted octanol–water partition coefficient (Wildman–Crippen LogP) is 1.55. The largest absolute Gasteiger partial charge is 1.00 e. The Balaban J connectivity index is -0.000000126. The molecule has 0 aromatic rings. The summed E-state index contributed by atoms with van der Waals surface area (Å²) in [5.74, 6) is 0. The van der Waals surface area contributed by atoms with Gasteiger partial charge in [0, 0.05) is 0 Å². The van der Waals surface area contributed by atoms with Gasteiger partial charge in [0.2, 0.25) is 0 Å². The van der Waals surface area contributed by atoms with Crippen molar-refractivity contribution < 1.29 is 30.8 Å². The van der Waals surface area contributed by atoms with Gasteiger partial charge in [0.25, 0.3) is 0 Å². The molecule has 0 radical (unpaired) electrons. The number of hydrogen-bond donors (Lipinski definition) is 0. The van der Waals surface area contributed by atoms with E-state index in [1.54, 1.807) is 12.5 Å². The van der Waals surface area contributed by atoms with Crippen LogP contribution in [0.25, 0.3) is 0 Å². The minimum atomic E-state index is -2.88. The van der Waals surface area contributed by atoms with Gasteiger partial charge in [0.05, 0.1) is 12.5 Å². The fourth-order valence-electron chi connectivity index (χ4n) is 0. The van der Waals surface area contributed by atoms with E-state index in [-0.39, 0.29) is 22.4 Å². The fraction of sp³-hybridized carbons (Fsp3) is 0.667. The Labute approximate surface area is 96.7 Å². The van der Waals surface area contributed by atoms with Crippen LogP contribution in [-0.2, 0) is 44.8 Å². The molecule has 2 nitrogen and oxygen atoms in total. The molecule has 0 saturated carbocycles. The minimum Gasteiger partial charge on any atom is -0.298 e. The topological polar surface area (TPSA) is 34.1 Å². The van der Waals surface area contributed by atoms with E-state index in [1.165, 1.54) is 12.5 Å². The van der Waals surface area contributed by atoms with E-state index >= 15 is 0 Å². The molecule has 0 N–H and O–H groups in total. The Morgan fingerprint density at radius 3 is 1.33 bits per heavy atom. The molecule has 0 aliphatic heterocycles.